The zero-order valence-electron chi connectivity index (χ0n) is 11.6. The lowest BCUT2D eigenvalue weighted by Crippen LogP contribution is -2.35. The number of hydrogen-bond donors (Lipinski definition) is 0. The molecule has 2 aromatic heterocycles. The van der Waals surface area contributed by atoms with Crippen LogP contribution in [0.3, 0.4) is 0 Å². The van der Waals surface area contributed by atoms with Gasteiger partial charge >= 0.3 is 0 Å². The van der Waals surface area contributed by atoms with Gasteiger partial charge in [-0.25, -0.2) is 4.98 Å². The Morgan fingerprint density at radius 1 is 1.15 bits per heavy atom. The maximum atomic E-state index is 5.39. The molecule has 1 aliphatic heterocycles. The molecule has 0 atom stereocenters. The Balaban J connectivity index is 1.73. The highest BCUT2D eigenvalue weighted by Gasteiger charge is 2.15. The molecule has 4 rings (SSSR count). The summed E-state index contributed by atoms with van der Waals surface area (Å²) >= 11 is 0. The fourth-order valence-electron chi connectivity index (χ4n) is 2.96. The van der Waals surface area contributed by atoms with Crippen LogP contribution in [0.25, 0.3) is 16.8 Å². The molecule has 5 heteroatoms. The second-order valence-electron chi connectivity index (χ2n) is 5.34. The number of aromatic nitrogens is 3. The van der Waals surface area contributed by atoms with Crippen molar-refractivity contribution < 1.29 is 4.74 Å². The highest BCUT2D eigenvalue weighted by Crippen LogP contribution is 2.20. The largest absolute Gasteiger partial charge is 0.379 e. The number of ether oxygens (including phenoxy) is 1. The third kappa shape index (κ3) is 1.82. The molecule has 0 radical (unpaired) electrons. The van der Waals surface area contributed by atoms with Crippen molar-refractivity contribution in [2.24, 2.45) is 7.05 Å². The number of imidazole rings is 2. The third-order valence-corrected chi connectivity index (χ3v) is 4.03. The van der Waals surface area contributed by atoms with Crippen molar-refractivity contribution in [3.05, 3.63) is 36.2 Å². The molecule has 1 fully saturated rings. The number of aryl methyl sites for hydroxylation is 1. The summed E-state index contributed by atoms with van der Waals surface area (Å²) in [4.78, 5) is 7.18. The summed E-state index contributed by atoms with van der Waals surface area (Å²) in [7, 11) is 2.07. The summed E-state index contributed by atoms with van der Waals surface area (Å²) in [6, 6.07) is 8.41. The van der Waals surface area contributed by atoms with Crippen LogP contribution in [-0.2, 0) is 18.3 Å². The molecular weight excluding hydrogens is 252 g/mol. The monoisotopic (exact) mass is 270 g/mol. The first-order chi connectivity index (χ1) is 9.83. The highest BCUT2D eigenvalue weighted by atomic mass is 16.5. The van der Waals surface area contributed by atoms with E-state index in [-0.39, 0.29) is 0 Å². The van der Waals surface area contributed by atoms with Crippen molar-refractivity contribution in [1.82, 2.24) is 18.9 Å². The lowest BCUT2D eigenvalue weighted by molar-refractivity contribution is 0.0337. The topological polar surface area (TPSA) is 34.7 Å². The molecule has 1 aliphatic rings. The second-order valence-corrected chi connectivity index (χ2v) is 5.34. The van der Waals surface area contributed by atoms with Gasteiger partial charge in [0, 0.05) is 32.9 Å². The van der Waals surface area contributed by atoms with Gasteiger partial charge in [-0.2, -0.15) is 0 Å². The second kappa shape index (κ2) is 4.61. The zero-order valence-corrected chi connectivity index (χ0v) is 11.6. The summed E-state index contributed by atoms with van der Waals surface area (Å²) in [6.07, 6.45) is 2.16. The van der Waals surface area contributed by atoms with Crippen molar-refractivity contribution in [2.75, 3.05) is 26.3 Å². The number of hydrogen-bond acceptors (Lipinski definition) is 3. The quantitative estimate of drug-likeness (QED) is 0.710. The lowest BCUT2D eigenvalue weighted by Gasteiger charge is -2.25. The number of benzene rings is 1. The van der Waals surface area contributed by atoms with Gasteiger partial charge in [0.2, 0.25) is 5.78 Å². The zero-order chi connectivity index (χ0) is 13.5. The van der Waals surface area contributed by atoms with E-state index in [0.29, 0.717) is 0 Å². The Labute approximate surface area is 117 Å². The van der Waals surface area contributed by atoms with Crippen molar-refractivity contribution in [2.45, 2.75) is 6.54 Å². The Kier molecular flexibility index (Phi) is 2.75. The van der Waals surface area contributed by atoms with E-state index in [2.05, 4.69) is 51.4 Å². The average Bonchev–Trinajstić information content (AvgIpc) is 3.01. The Morgan fingerprint density at radius 3 is 2.70 bits per heavy atom. The fourth-order valence-corrected chi connectivity index (χ4v) is 2.96. The molecule has 0 bridgehead atoms. The van der Waals surface area contributed by atoms with E-state index in [1.165, 1.54) is 11.0 Å². The van der Waals surface area contributed by atoms with Gasteiger partial charge in [0.05, 0.1) is 29.9 Å². The average molecular weight is 270 g/mol. The van der Waals surface area contributed by atoms with Crippen LogP contribution in [0.2, 0.25) is 0 Å². The van der Waals surface area contributed by atoms with Crippen molar-refractivity contribution >= 4 is 16.8 Å². The molecular formula is C15H18N4O. The summed E-state index contributed by atoms with van der Waals surface area (Å²) in [6.45, 7) is 4.55. The summed E-state index contributed by atoms with van der Waals surface area (Å²) < 4.78 is 9.72. The van der Waals surface area contributed by atoms with Crippen LogP contribution in [0.1, 0.15) is 5.69 Å². The standard InChI is InChI=1S/C15H18N4O/c1-17-13-4-2-3-5-14(13)19-11-12(16-15(17)19)10-18-6-8-20-9-7-18/h2-5,11H,6-10H2,1H3. The first kappa shape index (κ1) is 11.9. The Hall–Kier alpha value is -1.85. The van der Waals surface area contributed by atoms with E-state index in [0.717, 1.165) is 44.3 Å². The van der Waals surface area contributed by atoms with Crippen LogP contribution in [0.4, 0.5) is 0 Å². The lowest BCUT2D eigenvalue weighted by atomic mass is 10.3. The smallest absolute Gasteiger partial charge is 0.214 e. The highest BCUT2D eigenvalue weighted by molar-refractivity contribution is 5.80. The molecule has 3 aromatic rings. The summed E-state index contributed by atoms with van der Waals surface area (Å²) in [5.41, 5.74) is 3.56. The van der Waals surface area contributed by atoms with E-state index < -0.39 is 0 Å². The van der Waals surface area contributed by atoms with Crippen molar-refractivity contribution in [3.8, 4) is 0 Å². The minimum absolute atomic E-state index is 0.830. The predicted molar refractivity (Wildman–Crippen MR) is 77.8 cm³/mol. The van der Waals surface area contributed by atoms with E-state index in [4.69, 9.17) is 9.72 Å². The van der Waals surface area contributed by atoms with Gasteiger partial charge in [-0.1, -0.05) is 12.1 Å². The van der Waals surface area contributed by atoms with E-state index >= 15 is 0 Å². The molecule has 0 N–H and O–H groups in total. The minimum atomic E-state index is 0.830. The molecule has 0 spiro atoms. The first-order valence-electron chi connectivity index (χ1n) is 7.04. The number of rotatable bonds is 2. The normalized spacial score (nSPS) is 17.2. The molecule has 104 valence electrons. The van der Waals surface area contributed by atoms with Crippen molar-refractivity contribution in [3.63, 3.8) is 0 Å². The van der Waals surface area contributed by atoms with Gasteiger partial charge in [0.1, 0.15) is 0 Å². The molecule has 0 saturated carbocycles. The van der Waals surface area contributed by atoms with Crippen LogP contribution >= 0.6 is 0 Å². The van der Waals surface area contributed by atoms with Gasteiger partial charge in [0.25, 0.3) is 0 Å². The molecule has 3 heterocycles. The molecule has 0 unspecified atom stereocenters. The van der Waals surface area contributed by atoms with Crippen molar-refractivity contribution in [1.29, 1.82) is 0 Å². The number of para-hydroxylation sites is 2. The first-order valence-corrected chi connectivity index (χ1v) is 7.04. The molecule has 20 heavy (non-hydrogen) atoms. The van der Waals surface area contributed by atoms with Gasteiger partial charge in [-0.05, 0) is 12.1 Å². The summed E-state index contributed by atoms with van der Waals surface area (Å²) in [5, 5.41) is 0. The van der Waals surface area contributed by atoms with E-state index in [1.807, 2.05) is 0 Å². The van der Waals surface area contributed by atoms with E-state index in [1.54, 1.807) is 0 Å². The van der Waals surface area contributed by atoms with Crippen LogP contribution in [0, 0.1) is 0 Å². The number of fused-ring (bicyclic) bond motifs is 3. The fraction of sp³-hybridized carbons (Fsp3) is 0.400. The predicted octanol–water partition coefficient (Wildman–Crippen LogP) is 1.66. The Morgan fingerprint density at radius 2 is 1.90 bits per heavy atom. The maximum Gasteiger partial charge on any atom is 0.214 e. The number of morpholine rings is 1. The van der Waals surface area contributed by atoms with Gasteiger partial charge in [-0.15, -0.1) is 0 Å². The SMILES string of the molecule is Cn1c2ccccc2n2cc(CN3CCOCC3)nc12. The minimum Gasteiger partial charge on any atom is -0.379 e. The third-order valence-electron chi connectivity index (χ3n) is 4.03. The van der Waals surface area contributed by atoms with Gasteiger partial charge in [0.15, 0.2) is 0 Å². The van der Waals surface area contributed by atoms with Crippen LogP contribution in [0.5, 0.6) is 0 Å². The van der Waals surface area contributed by atoms with Gasteiger partial charge < -0.3 is 9.30 Å². The molecule has 0 amide bonds. The molecule has 1 saturated heterocycles. The van der Waals surface area contributed by atoms with Crippen LogP contribution in [-0.4, -0.2) is 45.2 Å². The molecule has 1 aromatic carbocycles. The van der Waals surface area contributed by atoms with E-state index in [9.17, 15) is 0 Å². The molecule has 0 aliphatic carbocycles. The van der Waals surface area contributed by atoms with Gasteiger partial charge in [-0.3, -0.25) is 9.30 Å². The van der Waals surface area contributed by atoms with Crippen LogP contribution in [0.15, 0.2) is 30.5 Å². The summed E-state index contributed by atoms with van der Waals surface area (Å²) in [5.74, 6) is 1.01. The van der Waals surface area contributed by atoms with Crippen LogP contribution < -0.4 is 0 Å². The molecule has 5 nitrogen and oxygen atoms in total. The Bertz CT molecular complexity index is 752. The number of nitrogens with zero attached hydrogens (tertiary/aromatic N) is 4. The maximum absolute atomic E-state index is 5.39.